The Bertz CT molecular complexity index is 526. The van der Waals surface area contributed by atoms with Crippen molar-refractivity contribution < 1.29 is 9.84 Å². The number of nitriles is 1. The third-order valence-electron chi connectivity index (χ3n) is 2.59. The Morgan fingerprint density at radius 2 is 2.32 bits per heavy atom. The lowest BCUT2D eigenvalue weighted by Gasteiger charge is -2.15. The summed E-state index contributed by atoms with van der Waals surface area (Å²) in [6.45, 7) is 1.02. The molecular weight excluding hydrogens is 284 g/mol. The van der Waals surface area contributed by atoms with Crippen LogP contribution >= 0.6 is 0 Å². The normalized spacial score (nSPS) is 12.6. The number of ether oxygens (including phenoxy) is 1. The van der Waals surface area contributed by atoms with E-state index in [1.165, 1.54) is 0 Å². The summed E-state index contributed by atoms with van der Waals surface area (Å²) in [6.07, 6.45) is 0.905. The van der Waals surface area contributed by atoms with Crippen LogP contribution in [-0.4, -0.2) is 61.3 Å². The number of nitrogens with one attached hydrogen (secondary N) is 2. The van der Waals surface area contributed by atoms with E-state index in [9.17, 15) is 5.11 Å². The standard InChI is InChI=1S/C14H22N6O2/c1-16-14(18-10-15)17-7-12(21)9-22-13-6-4-5-11(19-13)8-20(2)3/h4-6,12,21H,7-9H2,1-3H3,(H2,16,17,18). The first kappa shape index (κ1) is 17.7. The molecule has 0 aliphatic heterocycles. The Hall–Kier alpha value is -2.37. The van der Waals surface area contributed by atoms with Crippen LogP contribution < -0.4 is 15.4 Å². The smallest absolute Gasteiger partial charge is 0.213 e. The van der Waals surface area contributed by atoms with E-state index in [4.69, 9.17) is 10.00 Å². The molecule has 0 saturated carbocycles. The van der Waals surface area contributed by atoms with Crippen molar-refractivity contribution in [3.8, 4) is 12.1 Å². The molecule has 0 radical (unpaired) electrons. The third kappa shape index (κ3) is 6.88. The van der Waals surface area contributed by atoms with E-state index in [1.807, 2.05) is 31.1 Å². The Morgan fingerprint density at radius 3 is 2.95 bits per heavy atom. The van der Waals surface area contributed by atoms with Crippen molar-refractivity contribution in [2.45, 2.75) is 12.6 Å². The van der Waals surface area contributed by atoms with Gasteiger partial charge in [-0.05, 0) is 20.2 Å². The molecule has 3 N–H and O–H groups in total. The summed E-state index contributed by atoms with van der Waals surface area (Å²) in [4.78, 5) is 9.87. The number of aromatic nitrogens is 1. The number of aliphatic imine (C=N–C) groups is 1. The van der Waals surface area contributed by atoms with Gasteiger partial charge in [-0.1, -0.05) is 6.07 Å². The van der Waals surface area contributed by atoms with Crippen molar-refractivity contribution in [1.29, 1.82) is 5.26 Å². The zero-order valence-electron chi connectivity index (χ0n) is 13.1. The largest absolute Gasteiger partial charge is 0.475 e. The van der Waals surface area contributed by atoms with Gasteiger partial charge in [0.15, 0.2) is 0 Å². The first-order valence-electron chi connectivity index (χ1n) is 6.85. The molecule has 1 atom stereocenters. The van der Waals surface area contributed by atoms with Crippen molar-refractivity contribution >= 4 is 5.96 Å². The van der Waals surface area contributed by atoms with Gasteiger partial charge in [0, 0.05) is 26.2 Å². The minimum atomic E-state index is -0.753. The second-order valence-electron chi connectivity index (χ2n) is 4.86. The maximum Gasteiger partial charge on any atom is 0.213 e. The minimum Gasteiger partial charge on any atom is -0.475 e. The summed E-state index contributed by atoms with van der Waals surface area (Å²) in [6, 6.07) is 5.53. The van der Waals surface area contributed by atoms with Gasteiger partial charge in [0.2, 0.25) is 18.0 Å². The monoisotopic (exact) mass is 306 g/mol. The highest BCUT2D eigenvalue weighted by molar-refractivity contribution is 5.80. The fourth-order valence-corrected chi connectivity index (χ4v) is 1.64. The van der Waals surface area contributed by atoms with Crippen LogP contribution in [0.4, 0.5) is 0 Å². The molecule has 0 aliphatic carbocycles. The van der Waals surface area contributed by atoms with Crippen LogP contribution in [0.15, 0.2) is 23.2 Å². The summed E-state index contributed by atoms with van der Waals surface area (Å²) < 4.78 is 5.47. The molecule has 1 unspecified atom stereocenters. The van der Waals surface area contributed by atoms with Crippen molar-refractivity contribution in [2.75, 3.05) is 34.3 Å². The SMILES string of the molecule is CNC(=NC#N)NCC(O)COc1cccc(CN(C)C)n1. The van der Waals surface area contributed by atoms with E-state index >= 15 is 0 Å². The van der Waals surface area contributed by atoms with Gasteiger partial charge in [0.1, 0.15) is 12.7 Å². The van der Waals surface area contributed by atoms with Crippen LogP contribution in [0.25, 0.3) is 0 Å². The molecule has 0 saturated heterocycles. The second-order valence-corrected chi connectivity index (χ2v) is 4.86. The summed E-state index contributed by atoms with van der Waals surface area (Å²) >= 11 is 0. The van der Waals surface area contributed by atoms with Crippen LogP contribution in [0.5, 0.6) is 5.88 Å². The fraction of sp³-hybridized carbons (Fsp3) is 0.500. The van der Waals surface area contributed by atoms with Crippen molar-refractivity contribution in [3.05, 3.63) is 23.9 Å². The average molecular weight is 306 g/mol. The average Bonchev–Trinajstić information content (AvgIpc) is 2.49. The molecule has 0 aliphatic rings. The summed E-state index contributed by atoms with van der Waals surface area (Å²) in [7, 11) is 5.56. The quantitative estimate of drug-likeness (QED) is 0.355. The lowest BCUT2D eigenvalue weighted by molar-refractivity contribution is 0.107. The van der Waals surface area contributed by atoms with E-state index in [0.717, 1.165) is 12.2 Å². The first-order chi connectivity index (χ1) is 10.5. The predicted molar refractivity (Wildman–Crippen MR) is 83.2 cm³/mol. The summed E-state index contributed by atoms with van der Waals surface area (Å²) in [5.74, 6) is 0.769. The maximum absolute atomic E-state index is 9.85. The van der Waals surface area contributed by atoms with Crippen LogP contribution in [0.1, 0.15) is 5.69 Å². The molecule has 0 amide bonds. The van der Waals surface area contributed by atoms with Gasteiger partial charge < -0.3 is 25.4 Å². The molecular formula is C14H22N6O2. The highest BCUT2D eigenvalue weighted by Crippen LogP contribution is 2.09. The van der Waals surface area contributed by atoms with E-state index in [0.29, 0.717) is 11.8 Å². The van der Waals surface area contributed by atoms with E-state index in [1.54, 1.807) is 19.3 Å². The van der Waals surface area contributed by atoms with Gasteiger partial charge in [0.25, 0.3) is 0 Å². The Kier molecular flexibility index (Phi) is 7.67. The highest BCUT2D eigenvalue weighted by atomic mass is 16.5. The number of pyridine rings is 1. The van der Waals surface area contributed by atoms with Gasteiger partial charge >= 0.3 is 0 Å². The Morgan fingerprint density at radius 1 is 1.55 bits per heavy atom. The predicted octanol–water partition coefficient (Wildman–Crippen LogP) is -0.471. The second kappa shape index (κ2) is 9.55. The number of guanidine groups is 1. The van der Waals surface area contributed by atoms with Crippen molar-refractivity contribution in [2.24, 2.45) is 4.99 Å². The molecule has 22 heavy (non-hydrogen) atoms. The molecule has 0 spiro atoms. The van der Waals surface area contributed by atoms with E-state index < -0.39 is 6.10 Å². The van der Waals surface area contributed by atoms with Gasteiger partial charge in [-0.25, -0.2) is 4.98 Å². The molecule has 1 heterocycles. The molecule has 0 bridgehead atoms. The molecule has 1 aromatic heterocycles. The van der Waals surface area contributed by atoms with E-state index in [-0.39, 0.29) is 13.2 Å². The molecule has 8 nitrogen and oxygen atoms in total. The summed E-state index contributed by atoms with van der Waals surface area (Å²) in [5, 5.41) is 23.8. The van der Waals surface area contributed by atoms with Crippen LogP contribution in [0.3, 0.4) is 0 Å². The van der Waals surface area contributed by atoms with Gasteiger partial charge in [-0.15, -0.1) is 4.99 Å². The van der Waals surface area contributed by atoms with Gasteiger partial charge in [-0.2, -0.15) is 5.26 Å². The molecule has 0 fully saturated rings. The minimum absolute atomic E-state index is 0.0922. The molecule has 120 valence electrons. The van der Waals surface area contributed by atoms with Gasteiger partial charge in [-0.3, -0.25) is 0 Å². The fourth-order valence-electron chi connectivity index (χ4n) is 1.64. The van der Waals surface area contributed by atoms with Crippen molar-refractivity contribution in [1.82, 2.24) is 20.5 Å². The number of rotatable bonds is 7. The first-order valence-corrected chi connectivity index (χ1v) is 6.85. The van der Waals surface area contributed by atoms with Gasteiger partial charge in [0.05, 0.1) is 5.69 Å². The number of aliphatic hydroxyl groups excluding tert-OH is 1. The number of nitrogens with zero attached hydrogens (tertiary/aromatic N) is 4. The zero-order chi connectivity index (χ0) is 16.4. The van der Waals surface area contributed by atoms with Crippen molar-refractivity contribution in [3.63, 3.8) is 0 Å². The summed E-state index contributed by atoms with van der Waals surface area (Å²) in [5.41, 5.74) is 0.897. The molecule has 1 aromatic rings. The van der Waals surface area contributed by atoms with Crippen LogP contribution in [-0.2, 0) is 6.54 Å². The lowest BCUT2D eigenvalue weighted by Crippen LogP contribution is -2.41. The molecule has 8 heteroatoms. The van der Waals surface area contributed by atoms with E-state index in [2.05, 4.69) is 20.6 Å². The third-order valence-corrected chi connectivity index (χ3v) is 2.59. The Labute approximate surface area is 130 Å². The molecule has 0 aromatic carbocycles. The topological polar surface area (TPSA) is 106 Å². The van der Waals surface area contributed by atoms with Crippen LogP contribution in [0, 0.1) is 11.5 Å². The lowest BCUT2D eigenvalue weighted by atomic mass is 10.3. The van der Waals surface area contributed by atoms with Crippen LogP contribution in [0.2, 0.25) is 0 Å². The number of hydrogen-bond acceptors (Lipinski definition) is 6. The molecule has 1 rings (SSSR count). The Balaban J connectivity index is 2.42. The maximum atomic E-state index is 9.85. The highest BCUT2D eigenvalue weighted by Gasteiger charge is 2.07. The zero-order valence-corrected chi connectivity index (χ0v) is 13.1. The number of hydrogen-bond donors (Lipinski definition) is 3. The number of aliphatic hydroxyl groups is 1.